The largest absolute Gasteiger partial charge is 0.497 e. The second-order valence-electron chi connectivity index (χ2n) is 7.44. The first-order valence-corrected chi connectivity index (χ1v) is 11.4. The van der Waals surface area contributed by atoms with E-state index < -0.39 is 0 Å². The van der Waals surface area contributed by atoms with E-state index in [1.54, 1.807) is 29.8 Å². The van der Waals surface area contributed by atoms with Crippen LogP contribution in [0.2, 0.25) is 0 Å². The molecule has 0 N–H and O–H groups in total. The molecule has 2 aromatic carbocycles. The summed E-state index contributed by atoms with van der Waals surface area (Å²) in [4.78, 5) is 21.1. The number of nitrogens with zero attached hydrogens (tertiary/aromatic N) is 3. The molecule has 0 aliphatic carbocycles. The molecule has 0 amide bonds. The highest BCUT2D eigenvalue weighted by Gasteiger charge is 2.20. The molecule has 0 saturated heterocycles. The average molecular weight is 432 g/mol. The van der Waals surface area contributed by atoms with Gasteiger partial charge in [-0.3, -0.25) is 14.3 Å². The van der Waals surface area contributed by atoms with Gasteiger partial charge in [0.15, 0.2) is 0 Å². The van der Waals surface area contributed by atoms with Crippen molar-refractivity contribution in [2.24, 2.45) is 0 Å². The van der Waals surface area contributed by atoms with E-state index in [2.05, 4.69) is 52.2 Å². The number of benzene rings is 2. The monoisotopic (exact) mass is 431 g/mol. The lowest BCUT2D eigenvalue weighted by molar-refractivity contribution is 0.280. The molecule has 0 bridgehead atoms. The maximum absolute atomic E-state index is 13.1. The average Bonchev–Trinajstić information content (AvgIpc) is 2.82. The van der Waals surface area contributed by atoms with Crippen LogP contribution in [0.3, 0.4) is 0 Å². The minimum absolute atomic E-state index is 0.0479. The van der Waals surface area contributed by atoms with Gasteiger partial charge in [0, 0.05) is 30.0 Å². The lowest BCUT2D eigenvalue weighted by Gasteiger charge is -2.26. The third-order valence-corrected chi connectivity index (χ3v) is 6.15. The predicted molar refractivity (Wildman–Crippen MR) is 125 cm³/mol. The van der Waals surface area contributed by atoms with Gasteiger partial charge >= 0.3 is 0 Å². The zero-order valence-corrected chi connectivity index (χ0v) is 18.6. The number of rotatable bonds is 5. The van der Waals surface area contributed by atoms with Gasteiger partial charge in [0.25, 0.3) is 5.56 Å². The minimum Gasteiger partial charge on any atom is -0.497 e. The molecule has 5 nitrogen and oxygen atoms in total. The SMILES string of the molecule is COc1ccc(C#CCN2CCc3ncn(Cc4ccc(SC)cc4)c(=O)c3C2)cc1. The van der Waals surface area contributed by atoms with E-state index >= 15 is 0 Å². The van der Waals surface area contributed by atoms with Gasteiger partial charge in [0.1, 0.15) is 5.75 Å². The maximum Gasteiger partial charge on any atom is 0.258 e. The molecule has 0 fully saturated rings. The molecule has 1 aliphatic heterocycles. The Hall–Kier alpha value is -3.01. The van der Waals surface area contributed by atoms with E-state index in [-0.39, 0.29) is 5.56 Å². The van der Waals surface area contributed by atoms with Gasteiger partial charge in [0.2, 0.25) is 0 Å². The molecular formula is C25H25N3O2S. The van der Waals surface area contributed by atoms with Crippen molar-refractivity contribution in [2.45, 2.75) is 24.4 Å². The van der Waals surface area contributed by atoms with Gasteiger partial charge in [-0.1, -0.05) is 24.0 Å². The molecule has 0 spiro atoms. The molecular weight excluding hydrogens is 406 g/mol. The summed E-state index contributed by atoms with van der Waals surface area (Å²) in [5.41, 5.74) is 3.81. The Bertz CT molecular complexity index is 1160. The van der Waals surface area contributed by atoms with Crippen LogP contribution < -0.4 is 10.3 Å². The predicted octanol–water partition coefficient (Wildman–Crippen LogP) is 3.43. The molecule has 158 valence electrons. The highest BCUT2D eigenvalue weighted by molar-refractivity contribution is 7.98. The Kier molecular flexibility index (Phi) is 6.76. The summed E-state index contributed by atoms with van der Waals surface area (Å²) in [7, 11) is 1.65. The van der Waals surface area contributed by atoms with Crippen LogP contribution in [0.5, 0.6) is 5.75 Å². The van der Waals surface area contributed by atoms with E-state index in [1.165, 1.54) is 4.90 Å². The van der Waals surface area contributed by atoms with Crippen LogP contribution in [0.4, 0.5) is 0 Å². The number of ether oxygens (including phenoxy) is 1. The number of methoxy groups -OCH3 is 1. The second-order valence-corrected chi connectivity index (χ2v) is 8.32. The highest BCUT2D eigenvalue weighted by Crippen LogP contribution is 2.16. The van der Waals surface area contributed by atoms with Crippen molar-refractivity contribution < 1.29 is 4.74 Å². The van der Waals surface area contributed by atoms with Crippen LogP contribution in [0.25, 0.3) is 0 Å². The maximum atomic E-state index is 13.1. The summed E-state index contributed by atoms with van der Waals surface area (Å²) in [5.74, 6) is 7.24. The fourth-order valence-corrected chi connectivity index (χ4v) is 4.02. The van der Waals surface area contributed by atoms with Crippen LogP contribution in [0, 0.1) is 11.8 Å². The van der Waals surface area contributed by atoms with Crippen molar-refractivity contribution >= 4 is 11.8 Å². The van der Waals surface area contributed by atoms with E-state index in [0.717, 1.165) is 41.1 Å². The zero-order valence-electron chi connectivity index (χ0n) is 17.8. The molecule has 1 aliphatic rings. The molecule has 1 aromatic heterocycles. The molecule has 4 rings (SSSR count). The fourth-order valence-electron chi connectivity index (χ4n) is 3.61. The topological polar surface area (TPSA) is 47.4 Å². The van der Waals surface area contributed by atoms with Crippen LogP contribution in [0.1, 0.15) is 22.4 Å². The molecule has 0 atom stereocenters. The first kappa shape index (κ1) is 21.2. The first-order valence-electron chi connectivity index (χ1n) is 10.2. The minimum atomic E-state index is 0.0479. The Morgan fingerprint density at radius 3 is 2.61 bits per heavy atom. The normalized spacial score (nSPS) is 13.2. The summed E-state index contributed by atoms with van der Waals surface area (Å²) < 4.78 is 6.88. The standard InChI is InChI=1S/C25H25N3O2S/c1-30-21-9-5-19(6-10-21)4-3-14-27-15-13-24-23(17-27)25(29)28(18-26-24)16-20-7-11-22(31-2)12-8-20/h5-12,18H,13-17H2,1-2H3. The summed E-state index contributed by atoms with van der Waals surface area (Å²) in [6.07, 6.45) is 4.51. The summed E-state index contributed by atoms with van der Waals surface area (Å²) >= 11 is 1.71. The zero-order chi connectivity index (χ0) is 21.6. The third-order valence-electron chi connectivity index (χ3n) is 5.40. The molecule has 0 radical (unpaired) electrons. The van der Waals surface area contributed by atoms with Gasteiger partial charge < -0.3 is 4.74 Å². The Morgan fingerprint density at radius 2 is 1.90 bits per heavy atom. The van der Waals surface area contributed by atoms with Gasteiger partial charge in [-0.15, -0.1) is 11.8 Å². The van der Waals surface area contributed by atoms with E-state index in [1.807, 2.05) is 24.3 Å². The molecule has 2 heterocycles. The summed E-state index contributed by atoms with van der Waals surface area (Å²) in [5, 5.41) is 0. The highest BCUT2D eigenvalue weighted by atomic mass is 32.2. The van der Waals surface area contributed by atoms with Crippen molar-refractivity contribution in [2.75, 3.05) is 26.5 Å². The van der Waals surface area contributed by atoms with Crippen molar-refractivity contribution in [3.63, 3.8) is 0 Å². The van der Waals surface area contributed by atoms with Crippen molar-refractivity contribution in [1.29, 1.82) is 0 Å². The molecule has 31 heavy (non-hydrogen) atoms. The third kappa shape index (κ3) is 5.19. The number of hydrogen-bond donors (Lipinski definition) is 0. The lowest BCUT2D eigenvalue weighted by atomic mass is 10.1. The van der Waals surface area contributed by atoms with E-state index in [4.69, 9.17) is 4.74 Å². The summed E-state index contributed by atoms with van der Waals surface area (Å²) in [6.45, 7) is 2.60. The smallest absolute Gasteiger partial charge is 0.258 e. The van der Waals surface area contributed by atoms with Gasteiger partial charge in [0.05, 0.1) is 37.8 Å². The molecule has 0 unspecified atom stereocenters. The Morgan fingerprint density at radius 1 is 1.13 bits per heavy atom. The lowest BCUT2D eigenvalue weighted by Crippen LogP contribution is -2.38. The van der Waals surface area contributed by atoms with Crippen LogP contribution in [-0.2, 0) is 19.5 Å². The molecule has 6 heteroatoms. The van der Waals surface area contributed by atoms with Gasteiger partial charge in [-0.2, -0.15) is 0 Å². The summed E-state index contributed by atoms with van der Waals surface area (Å²) in [6, 6.07) is 16.0. The number of hydrogen-bond acceptors (Lipinski definition) is 5. The fraction of sp³-hybridized carbons (Fsp3) is 0.280. The molecule has 3 aromatic rings. The van der Waals surface area contributed by atoms with Crippen LogP contribution in [0.15, 0.2) is 64.5 Å². The van der Waals surface area contributed by atoms with E-state index in [9.17, 15) is 4.79 Å². The second kappa shape index (κ2) is 9.86. The Labute approximate surface area is 187 Å². The van der Waals surface area contributed by atoms with Crippen molar-refractivity contribution in [3.8, 4) is 17.6 Å². The van der Waals surface area contributed by atoms with E-state index in [0.29, 0.717) is 19.6 Å². The quantitative estimate of drug-likeness (QED) is 0.458. The number of aromatic nitrogens is 2. The van der Waals surface area contributed by atoms with Crippen LogP contribution >= 0.6 is 11.8 Å². The van der Waals surface area contributed by atoms with Gasteiger partial charge in [-0.25, -0.2) is 4.98 Å². The van der Waals surface area contributed by atoms with Crippen LogP contribution in [-0.4, -0.2) is 40.9 Å². The molecule has 0 saturated carbocycles. The Balaban J connectivity index is 1.44. The number of fused-ring (bicyclic) bond motifs is 1. The van der Waals surface area contributed by atoms with Crippen molar-refractivity contribution in [1.82, 2.24) is 14.5 Å². The van der Waals surface area contributed by atoms with Gasteiger partial charge in [-0.05, 0) is 48.2 Å². The number of thioether (sulfide) groups is 1. The van der Waals surface area contributed by atoms with Crippen molar-refractivity contribution in [3.05, 3.63) is 87.6 Å². The first-order chi connectivity index (χ1) is 15.2.